The van der Waals surface area contributed by atoms with E-state index in [1.54, 1.807) is 0 Å². The fourth-order valence-electron chi connectivity index (χ4n) is 2.20. The van der Waals surface area contributed by atoms with Crippen molar-refractivity contribution in [1.82, 2.24) is 4.90 Å². The summed E-state index contributed by atoms with van der Waals surface area (Å²) < 4.78 is 5.61. The molecule has 0 aromatic heterocycles. The molecule has 0 radical (unpaired) electrons. The summed E-state index contributed by atoms with van der Waals surface area (Å²) in [5, 5.41) is 0. The predicted molar refractivity (Wildman–Crippen MR) is 69.8 cm³/mol. The molecule has 0 aromatic rings. The van der Waals surface area contributed by atoms with Gasteiger partial charge in [-0.2, -0.15) is 0 Å². The highest BCUT2D eigenvalue weighted by atomic mass is 16.5. The van der Waals surface area contributed by atoms with Gasteiger partial charge in [0.15, 0.2) is 0 Å². The number of carbonyl (C=O) groups is 1. The minimum atomic E-state index is -0.279. The van der Waals surface area contributed by atoms with Crippen molar-refractivity contribution in [2.75, 3.05) is 19.7 Å². The third-order valence-electron chi connectivity index (χ3n) is 3.38. The maximum absolute atomic E-state index is 12.1. The second-order valence-corrected chi connectivity index (χ2v) is 5.73. The molecule has 17 heavy (non-hydrogen) atoms. The van der Waals surface area contributed by atoms with Gasteiger partial charge in [0, 0.05) is 19.7 Å². The molecule has 0 bridgehead atoms. The van der Waals surface area contributed by atoms with Crippen LogP contribution in [0.2, 0.25) is 0 Å². The monoisotopic (exact) mass is 241 g/mol. The lowest BCUT2D eigenvalue weighted by Gasteiger charge is -2.32. The molecule has 3 heteroatoms. The van der Waals surface area contributed by atoms with Crippen molar-refractivity contribution >= 4 is 5.91 Å². The van der Waals surface area contributed by atoms with Crippen molar-refractivity contribution in [2.45, 2.75) is 53.1 Å². The van der Waals surface area contributed by atoms with Gasteiger partial charge in [0.2, 0.25) is 0 Å². The van der Waals surface area contributed by atoms with Gasteiger partial charge in [0.25, 0.3) is 5.91 Å². The van der Waals surface area contributed by atoms with Crippen LogP contribution in [-0.4, -0.2) is 36.6 Å². The van der Waals surface area contributed by atoms with E-state index in [1.165, 1.54) is 6.42 Å². The standard InChI is InChI=1S/C14H27NO2/c1-11(2)7-9-17-13(4)14(16)15-8-5-6-12(3)10-15/h11-13H,5-10H2,1-4H3. The Kier molecular flexibility index (Phi) is 5.96. The van der Waals surface area contributed by atoms with Crippen LogP contribution in [0.1, 0.15) is 47.0 Å². The molecule has 1 aliphatic rings. The van der Waals surface area contributed by atoms with Crippen LogP contribution in [0, 0.1) is 11.8 Å². The van der Waals surface area contributed by atoms with Gasteiger partial charge in [-0.25, -0.2) is 0 Å². The molecule has 2 unspecified atom stereocenters. The molecule has 0 N–H and O–H groups in total. The van der Waals surface area contributed by atoms with Crippen LogP contribution < -0.4 is 0 Å². The molecule has 1 saturated heterocycles. The predicted octanol–water partition coefficient (Wildman–Crippen LogP) is 2.70. The fourth-order valence-corrected chi connectivity index (χ4v) is 2.20. The van der Waals surface area contributed by atoms with Crippen LogP contribution in [-0.2, 0) is 9.53 Å². The number of amides is 1. The molecule has 3 nitrogen and oxygen atoms in total. The fraction of sp³-hybridized carbons (Fsp3) is 0.929. The molecule has 1 aliphatic heterocycles. The third kappa shape index (κ3) is 5.07. The van der Waals surface area contributed by atoms with Crippen molar-refractivity contribution in [3.63, 3.8) is 0 Å². The van der Waals surface area contributed by atoms with Gasteiger partial charge in [-0.15, -0.1) is 0 Å². The minimum Gasteiger partial charge on any atom is -0.369 e. The van der Waals surface area contributed by atoms with E-state index in [9.17, 15) is 4.79 Å². The van der Waals surface area contributed by atoms with Gasteiger partial charge >= 0.3 is 0 Å². The Morgan fingerprint density at radius 1 is 1.41 bits per heavy atom. The van der Waals surface area contributed by atoms with E-state index in [-0.39, 0.29) is 12.0 Å². The normalized spacial score (nSPS) is 22.9. The van der Waals surface area contributed by atoms with E-state index < -0.39 is 0 Å². The summed E-state index contributed by atoms with van der Waals surface area (Å²) in [6.07, 6.45) is 3.12. The molecular weight excluding hydrogens is 214 g/mol. The van der Waals surface area contributed by atoms with Crippen LogP contribution >= 0.6 is 0 Å². The summed E-state index contributed by atoms with van der Waals surface area (Å²) in [7, 11) is 0. The number of piperidine rings is 1. The SMILES string of the molecule is CC(C)CCOC(C)C(=O)N1CCCC(C)C1. The molecule has 100 valence electrons. The van der Waals surface area contributed by atoms with Gasteiger partial charge in [-0.05, 0) is 38.0 Å². The van der Waals surface area contributed by atoms with Crippen molar-refractivity contribution in [3.05, 3.63) is 0 Å². The number of rotatable bonds is 5. The molecular formula is C14H27NO2. The van der Waals surface area contributed by atoms with Crippen molar-refractivity contribution in [1.29, 1.82) is 0 Å². The number of ether oxygens (including phenoxy) is 1. The van der Waals surface area contributed by atoms with Crippen LogP contribution in [0.4, 0.5) is 0 Å². The van der Waals surface area contributed by atoms with Gasteiger partial charge in [-0.3, -0.25) is 4.79 Å². The second-order valence-electron chi connectivity index (χ2n) is 5.73. The quantitative estimate of drug-likeness (QED) is 0.740. The maximum atomic E-state index is 12.1. The molecule has 0 aliphatic carbocycles. The lowest BCUT2D eigenvalue weighted by Crippen LogP contribution is -2.44. The summed E-state index contributed by atoms with van der Waals surface area (Å²) in [6.45, 7) is 10.9. The van der Waals surface area contributed by atoms with E-state index in [1.807, 2.05) is 11.8 Å². The van der Waals surface area contributed by atoms with Gasteiger partial charge in [-0.1, -0.05) is 20.8 Å². The molecule has 1 heterocycles. The zero-order valence-corrected chi connectivity index (χ0v) is 11.7. The Labute approximate surface area is 106 Å². The Morgan fingerprint density at radius 2 is 2.12 bits per heavy atom. The Bertz CT molecular complexity index is 240. The van der Waals surface area contributed by atoms with Crippen LogP contribution in [0.15, 0.2) is 0 Å². The highest BCUT2D eigenvalue weighted by molar-refractivity contribution is 5.80. The lowest BCUT2D eigenvalue weighted by atomic mass is 10.00. The van der Waals surface area contributed by atoms with Crippen LogP contribution in [0.25, 0.3) is 0 Å². The molecule has 2 atom stereocenters. The summed E-state index contributed by atoms with van der Waals surface area (Å²) in [6, 6.07) is 0. The van der Waals surface area contributed by atoms with Crippen molar-refractivity contribution in [2.24, 2.45) is 11.8 Å². The smallest absolute Gasteiger partial charge is 0.251 e. The number of likely N-dealkylation sites (tertiary alicyclic amines) is 1. The van der Waals surface area contributed by atoms with Crippen molar-refractivity contribution in [3.8, 4) is 0 Å². The summed E-state index contributed by atoms with van der Waals surface area (Å²) in [4.78, 5) is 14.1. The average Bonchev–Trinajstić information content (AvgIpc) is 2.27. The highest BCUT2D eigenvalue weighted by Crippen LogP contribution is 2.16. The minimum absolute atomic E-state index is 0.167. The van der Waals surface area contributed by atoms with Crippen LogP contribution in [0.3, 0.4) is 0 Å². The summed E-state index contributed by atoms with van der Waals surface area (Å²) in [5.41, 5.74) is 0. The zero-order valence-electron chi connectivity index (χ0n) is 11.7. The zero-order chi connectivity index (χ0) is 12.8. The first-order valence-electron chi connectivity index (χ1n) is 6.91. The van der Waals surface area contributed by atoms with E-state index in [0.717, 1.165) is 25.9 Å². The highest BCUT2D eigenvalue weighted by Gasteiger charge is 2.25. The van der Waals surface area contributed by atoms with Gasteiger partial charge in [0.05, 0.1) is 0 Å². The maximum Gasteiger partial charge on any atom is 0.251 e. The summed E-state index contributed by atoms with van der Waals surface area (Å²) >= 11 is 0. The molecule has 1 fully saturated rings. The van der Waals surface area contributed by atoms with Crippen molar-refractivity contribution < 1.29 is 9.53 Å². The topological polar surface area (TPSA) is 29.5 Å². The number of nitrogens with zero attached hydrogens (tertiary/aromatic N) is 1. The molecule has 0 aromatic carbocycles. The first-order valence-corrected chi connectivity index (χ1v) is 6.91. The lowest BCUT2D eigenvalue weighted by molar-refractivity contribution is -0.144. The third-order valence-corrected chi connectivity index (χ3v) is 3.38. The molecule has 0 spiro atoms. The van der Waals surface area contributed by atoms with E-state index in [0.29, 0.717) is 18.4 Å². The Morgan fingerprint density at radius 3 is 2.71 bits per heavy atom. The van der Waals surface area contributed by atoms with Gasteiger partial charge < -0.3 is 9.64 Å². The number of hydrogen-bond donors (Lipinski definition) is 0. The first-order chi connectivity index (χ1) is 8.00. The molecule has 1 rings (SSSR count). The Balaban J connectivity index is 2.30. The van der Waals surface area contributed by atoms with Crippen LogP contribution in [0.5, 0.6) is 0 Å². The molecule has 1 amide bonds. The first kappa shape index (κ1) is 14.5. The largest absolute Gasteiger partial charge is 0.369 e. The summed E-state index contributed by atoms with van der Waals surface area (Å²) in [5.74, 6) is 1.43. The van der Waals surface area contributed by atoms with E-state index in [2.05, 4.69) is 20.8 Å². The average molecular weight is 241 g/mol. The second kappa shape index (κ2) is 7.00. The number of hydrogen-bond acceptors (Lipinski definition) is 2. The van der Waals surface area contributed by atoms with E-state index in [4.69, 9.17) is 4.74 Å². The van der Waals surface area contributed by atoms with Gasteiger partial charge in [0.1, 0.15) is 6.10 Å². The molecule has 0 saturated carbocycles. The van der Waals surface area contributed by atoms with E-state index >= 15 is 0 Å². The Hall–Kier alpha value is -0.570. The number of carbonyl (C=O) groups excluding carboxylic acids is 1.